The fraction of sp³-hybridized carbons (Fsp3) is 0.333. The molecule has 1 nitrogen and oxygen atoms in total. The fourth-order valence-electron chi connectivity index (χ4n) is 2.48. The summed E-state index contributed by atoms with van der Waals surface area (Å²) < 4.78 is 7.42. The molecule has 3 rings (SSSR count). The van der Waals surface area contributed by atoms with Crippen LogP contribution in [0.2, 0.25) is 0 Å². The van der Waals surface area contributed by atoms with Gasteiger partial charge in [-0.1, -0.05) is 36.8 Å². The Bertz CT molecular complexity index is 513. The Morgan fingerprint density at radius 3 is 2.53 bits per heavy atom. The minimum absolute atomic E-state index is 1.07. The second-order valence-corrected chi connectivity index (χ2v) is 5.65. The summed E-state index contributed by atoms with van der Waals surface area (Å²) in [6.07, 6.45) is 6.20. The van der Waals surface area contributed by atoms with Crippen LogP contribution in [-0.4, -0.2) is 0 Å². The molecule has 2 heteroatoms. The van der Waals surface area contributed by atoms with E-state index in [1.54, 1.807) is 0 Å². The number of hydrogen-bond acceptors (Lipinski definition) is 1. The first-order valence-corrected chi connectivity index (χ1v) is 7.29. The third-order valence-corrected chi connectivity index (χ3v) is 4.53. The van der Waals surface area contributed by atoms with E-state index in [4.69, 9.17) is 4.42 Å². The highest BCUT2D eigenvalue weighted by molar-refractivity contribution is 14.1. The van der Waals surface area contributed by atoms with Crippen molar-refractivity contribution in [3.63, 3.8) is 0 Å². The smallest absolute Gasteiger partial charge is 0.147 e. The molecule has 2 aromatic rings. The van der Waals surface area contributed by atoms with Crippen LogP contribution in [0.1, 0.15) is 30.6 Å². The van der Waals surface area contributed by atoms with E-state index in [9.17, 15) is 0 Å². The van der Waals surface area contributed by atoms with Gasteiger partial charge in [-0.3, -0.25) is 0 Å². The van der Waals surface area contributed by atoms with E-state index in [0.29, 0.717) is 0 Å². The molecule has 0 aliphatic heterocycles. The van der Waals surface area contributed by atoms with Gasteiger partial charge in [-0.25, -0.2) is 0 Å². The quantitative estimate of drug-likeness (QED) is 0.537. The minimum Gasteiger partial charge on any atom is -0.460 e. The van der Waals surface area contributed by atoms with Crippen LogP contribution in [0.5, 0.6) is 0 Å². The Hall–Kier alpha value is -0.770. The Kier molecular flexibility index (Phi) is 3.23. The summed E-state index contributed by atoms with van der Waals surface area (Å²) >= 11 is 2.45. The minimum atomic E-state index is 1.07. The van der Waals surface area contributed by atoms with Crippen LogP contribution in [0, 0.1) is 3.57 Å². The number of aryl methyl sites for hydroxylation is 1. The van der Waals surface area contributed by atoms with Gasteiger partial charge >= 0.3 is 0 Å². The van der Waals surface area contributed by atoms with E-state index < -0.39 is 0 Å². The Balaban J connectivity index is 2.08. The molecule has 1 aromatic carbocycles. The molecule has 1 heterocycles. The molecule has 0 saturated carbocycles. The third kappa shape index (κ3) is 2.15. The first-order valence-electron chi connectivity index (χ1n) is 6.22. The molecule has 0 amide bonds. The number of benzene rings is 1. The van der Waals surface area contributed by atoms with E-state index in [0.717, 1.165) is 12.2 Å². The van der Waals surface area contributed by atoms with Crippen molar-refractivity contribution in [3.8, 4) is 11.3 Å². The lowest BCUT2D eigenvalue weighted by molar-refractivity contribution is 0.513. The summed E-state index contributed by atoms with van der Waals surface area (Å²) in [5, 5.41) is 0. The first kappa shape index (κ1) is 11.3. The Labute approximate surface area is 115 Å². The molecule has 0 fully saturated rings. The van der Waals surface area contributed by atoms with Crippen molar-refractivity contribution in [2.24, 2.45) is 0 Å². The largest absolute Gasteiger partial charge is 0.460 e. The second kappa shape index (κ2) is 4.84. The molecule has 0 spiro atoms. The van der Waals surface area contributed by atoms with Crippen LogP contribution in [0.3, 0.4) is 0 Å². The summed E-state index contributed by atoms with van der Waals surface area (Å²) in [4.78, 5) is 0. The Morgan fingerprint density at radius 1 is 0.941 bits per heavy atom. The lowest BCUT2D eigenvalue weighted by Crippen LogP contribution is -1.86. The molecule has 1 aromatic heterocycles. The van der Waals surface area contributed by atoms with Crippen molar-refractivity contribution in [3.05, 3.63) is 45.2 Å². The van der Waals surface area contributed by atoms with Gasteiger partial charge in [0.15, 0.2) is 0 Å². The zero-order chi connectivity index (χ0) is 11.7. The van der Waals surface area contributed by atoms with Crippen LogP contribution in [-0.2, 0) is 12.8 Å². The average Bonchev–Trinajstić information content (AvgIpc) is 2.56. The maximum atomic E-state index is 6.10. The van der Waals surface area contributed by atoms with Crippen LogP contribution >= 0.6 is 22.6 Å². The maximum absolute atomic E-state index is 6.10. The van der Waals surface area contributed by atoms with Crippen molar-refractivity contribution in [1.82, 2.24) is 0 Å². The highest BCUT2D eigenvalue weighted by atomic mass is 127. The zero-order valence-corrected chi connectivity index (χ0v) is 11.9. The van der Waals surface area contributed by atoms with Crippen molar-refractivity contribution in [2.45, 2.75) is 32.1 Å². The van der Waals surface area contributed by atoms with E-state index in [2.05, 4.69) is 46.9 Å². The van der Waals surface area contributed by atoms with E-state index in [-0.39, 0.29) is 0 Å². The SMILES string of the molecule is Ic1c(-c2ccccc2)oc2c1CCCCC2. The predicted octanol–water partition coefficient (Wildman–Crippen LogP) is 4.82. The van der Waals surface area contributed by atoms with E-state index in [1.165, 1.54) is 46.1 Å². The van der Waals surface area contributed by atoms with E-state index >= 15 is 0 Å². The zero-order valence-electron chi connectivity index (χ0n) is 9.71. The number of halogens is 1. The molecular weight excluding hydrogens is 323 g/mol. The maximum Gasteiger partial charge on any atom is 0.147 e. The summed E-state index contributed by atoms with van der Waals surface area (Å²) in [5.74, 6) is 2.30. The molecule has 0 atom stereocenters. The number of fused-ring (bicyclic) bond motifs is 1. The van der Waals surface area contributed by atoms with Crippen molar-refractivity contribution in [1.29, 1.82) is 0 Å². The molecule has 0 radical (unpaired) electrons. The highest BCUT2D eigenvalue weighted by Crippen LogP contribution is 2.35. The lowest BCUT2D eigenvalue weighted by atomic mass is 10.1. The highest BCUT2D eigenvalue weighted by Gasteiger charge is 2.20. The fourth-order valence-corrected chi connectivity index (χ4v) is 3.47. The van der Waals surface area contributed by atoms with Crippen molar-refractivity contribution < 1.29 is 4.42 Å². The van der Waals surface area contributed by atoms with Crippen LogP contribution in [0.25, 0.3) is 11.3 Å². The van der Waals surface area contributed by atoms with Gasteiger partial charge in [0.1, 0.15) is 11.5 Å². The number of rotatable bonds is 1. The second-order valence-electron chi connectivity index (χ2n) is 4.57. The monoisotopic (exact) mass is 338 g/mol. The van der Waals surface area contributed by atoms with Gasteiger partial charge in [0.25, 0.3) is 0 Å². The standard InChI is InChI=1S/C15H15IO/c16-14-12-9-5-2-6-10-13(12)17-15(14)11-7-3-1-4-8-11/h1,3-4,7-8H,2,5-6,9-10H2. The topological polar surface area (TPSA) is 13.1 Å². The molecule has 0 N–H and O–H groups in total. The number of furan rings is 1. The van der Waals surface area contributed by atoms with Crippen LogP contribution in [0.4, 0.5) is 0 Å². The van der Waals surface area contributed by atoms with Gasteiger partial charge < -0.3 is 4.42 Å². The van der Waals surface area contributed by atoms with Gasteiger partial charge in [-0.2, -0.15) is 0 Å². The molecule has 88 valence electrons. The Morgan fingerprint density at radius 2 is 1.71 bits per heavy atom. The van der Waals surface area contributed by atoms with Gasteiger partial charge in [0.05, 0.1) is 3.57 Å². The van der Waals surface area contributed by atoms with Gasteiger partial charge in [-0.05, 0) is 41.9 Å². The van der Waals surface area contributed by atoms with Crippen LogP contribution in [0.15, 0.2) is 34.7 Å². The summed E-state index contributed by atoms with van der Waals surface area (Å²) in [6, 6.07) is 10.4. The summed E-state index contributed by atoms with van der Waals surface area (Å²) in [5.41, 5.74) is 2.66. The summed E-state index contributed by atoms with van der Waals surface area (Å²) in [7, 11) is 0. The van der Waals surface area contributed by atoms with E-state index in [1.807, 2.05) is 6.07 Å². The molecule has 1 aliphatic carbocycles. The van der Waals surface area contributed by atoms with Gasteiger partial charge in [0, 0.05) is 17.5 Å². The molecular formula is C15H15IO. The molecule has 0 bridgehead atoms. The van der Waals surface area contributed by atoms with Crippen molar-refractivity contribution in [2.75, 3.05) is 0 Å². The normalized spacial score (nSPS) is 15.4. The number of hydrogen-bond donors (Lipinski definition) is 0. The lowest BCUT2D eigenvalue weighted by Gasteiger charge is -1.98. The van der Waals surface area contributed by atoms with Gasteiger partial charge in [-0.15, -0.1) is 0 Å². The average molecular weight is 338 g/mol. The summed E-state index contributed by atoms with van der Waals surface area (Å²) in [6.45, 7) is 0. The van der Waals surface area contributed by atoms with Gasteiger partial charge in [0.2, 0.25) is 0 Å². The molecule has 17 heavy (non-hydrogen) atoms. The first-order chi connectivity index (χ1) is 8.36. The molecule has 1 aliphatic rings. The van der Waals surface area contributed by atoms with Crippen LogP contribution < -0.4 is 0 Å². The third-order valence-electron chi connectivity index (χ3n) is 3.39. The van der Waals surface area contributed by atoms with Crippen molar-refractivity contribution >= 4 is 22.6 Å². The molecule has 0 saturated heterocycles. The molecule has 0 unspecified atom stereocenters. The predicted molar refractivity (Wildman–Crippen MR) is 78.1 cm³/mol.